The number of carbonyl (C=O) groups excluding carboxylic acids is 7. The highest BCUT2D eigenvalue weighted by Gasteiger charge is 2.17. The molecule has 0 fully saturated rings. The lowest BCUT2D eigenvalue weighted by Crippen LogP contribution is -2.01. The Kier molecular flexibility index (Phi) is 18.7. The van der Waals surface area contributed by atoms with Gasteiger partial charge < -0.3 is 44.5 Å². The number of aldehydes is 5. The molecule has 15 rings (SSSR count). The number of ether oxygens (including phenoxy) is 4. The molecule has 0 aliphatic heterocycles. The summed E-state index contributed by atoms with van der Waals surface area (Å²) in [6.07, 6.45) is 6.35. The van der Waals surface area contributed by atoms with Crippen molar-refractivity contribution in [3.05, 3.63) is 222 Å². The van der Waals surface area contributed by atoms with E-state index in [1.165, 1.54) is 6.07 Å². The number of fused-ring (bicyclic) bond motifs is 1. The van der Waals surface area contributed by atoms with Gasteiger partial charge in [0.05, 0.1) is 24.3 Å². The molecule has 16 nitrogen and oxygen atoms in total. The first kappa shape index (κ1) is 62.2. The monoisotopic (exact) mass is 1240 g/mol. The van der Waals surface area contributed by atoms with Crippen LogP contribution in [0.5, 0.6) is 40.2 Å². The maximum Gasteiger partial charge on any atom is 0.295 e. The van der Waals surface area contributed by atoms with Gasteiger partial charge in [-0.15, -0.1) is 0 Å². The van der Waals surface area contributed by atoms with Crippen LogP contribution in [-0.4, -0.2) is 89.9 Å². The van der Waals surface area contributed by atoms with Crippen LogP contribution in [0.4, 0.5) is 0 Å². The van der Waals surface area contributed by atoms with Gasteiger partial charge in [0.1, 0.15) is 40.2 Å². The third-order valence-corrected chi connectivity index (χ3v) is 16.3. The summed E-state index contributed by atoms with van der Waals surface area (Å²) in [7, 11) is 0. The van der Waals surface area contributed by atoms with Crippen molar-refractivity contribution in [2.45, 2.75) is 19.3 Å². The maximum atomic E-state index is 11.4. The molecule has 16 heteroatoms. The van der Waals surface area contributed by atoms with Crippen molar-refractivity contribution >= 4 is 152 Å². The van der Waals surface area contributed by atoms with E-state index in [2.05, 4.69) is 29.0 Å². The number of carbonyl (C=O) groups is 7. The van der Waals surface area contributed by atoms with Gasteiger partial charge in [-0.25, -0.2) is 0 Å². The normalized spacial score (nSPS) is 10.9. The van der Waals surface area contributed by atoms with Gasteiger partial charge in [-0.2, -0.15) is 0 Å². The van der Waals surface area contributed by atoms with Crippen molar-refractivity contribution in [2.24, 2.45) is 0 Å². The van der Waals surface area contributed by atoms with E-state index in [4.69, 9.17) is 29.5 Å². The Morgan fingerprint density at radius 1 is 0.290 bits per heavy atom. The molecule has 0 atom stereocenters. The largest absolute Gasteiger partial charge is 0.508 e. The molecule has 0 amide bonds. The van der Waals surface area contributed by atoms with Crippen molar-refractivity contribution < 1.29 is 78.0 Å². The smallest absolute Gasteiger partial charge is 0.295 e. The number of aromatic hydroxyl groups is 5. The SMILES string of the molecule is O=COCCCCCOc1ccc2ccc3c(C=O)ccc4ccc1c2c43.O=COCOc1ccc2ccc3c(C=O)ccc4ccc1c2c43.O=Cc1c(O)cc(O)cc1O.O=Cc1c(O)ccc2ccccc12.O=Cc1ccc2ccc3c(O)ccc4ccc1c2c43. The summed E-state index contributed by atoms with van der Waals surface area (Å²) >= 11 is 0. The predicted molar refractivity (Wildman–Crippen MR) is 360 cm³/mol. The average Bonchev–Trinajstić information content (AvgIpc) is 0.761. The number of phenolic OH excluding ortho intramolecular Hbond substituents is 5. The van der Waals surface area contributed by atoms with E-state index in [0.29, 0.717) is 66.7 Å². The molecule has 0 heterocycles. The minimum absolute atomic E-state index is 0.0358. The van der Waals surface area contributed by atoms with Gasteiger partial charge in [0.25, 0.3) is 12.9 Å². The minimum Gasteiger partial charge on any atom is -0.508 e. The molecule has 0 radical (unpaired) electrons. The lowest BCUT2D eigenvalue weighted by Gasteiger charge is -2.15. The van der Waals surface area contributed by atoms with E-state index in [1.54, 1.807) is 12.1 Å². The average molecular weight is 1240 g/mol. The molecule has 0 saturated carbocycles. The number of hydrogen-bond acceptors (Lipinski definition) is 16. The quantitative estimate of drug-likeness (QED) is 0.0246. The second-order valence-corrected chi connectivity index (χ2v) is 21.6. The van der Waals surface area contributed by atoms with E-state index in [1.807, 2.05) is 140 Å². The van der Waals surface area contributed by atoms with E-state index in [-0.39, 0.29) is 29.6 Å². The summed E-state index contributed by atoms with van der Waals surface area (Å²) in [6.45, 7) is 1.78. The Bertz CT molecular complexity index is 5270. The molecule has 0 saturated heterocycles. The van der Waals surface area contributed by atoms with Crippen LogP contribution in [0.25, 0.3) is 108 Å². The summed E-state index contributed by atoms with van der Waals surface area (Å²) in [5.74, 6) is 0.663. The van der Waals surface area contributed by atoms with Crippen LogP contribution in [0.3, 0.4) is 0 Å². The molecular formula is C77H56O16. The zero-order valence-corrected chi connectivity index (χ0v) is 49.5. The fraction of sp³-hybridized carbons (Fsp3) is 0.0779. The number of hydrogen-bond donors (Lipinski definition) is 5. The standard InChI is InChI=1S/C23H20O4.C19H12O4.C17H10O2.C11H8O2.C7H6O4/c24-14-18-5-4-16-7-10-20-21(27-13-3-1-2-12-26-15-25)11-8-17-6-9-19(18)22(16)23(17)20;20-9-14-2-1-12-4-7-16-17(23-11-22-10-21)8-5-13-3-6-15(14)18(12)19(13)16;18-9-12-2-1-10-4-7-14-15(19)8-5-11-3-6-13(12)16(10)17(11)14;12-7-10-9-4-2-1-3-8(9)5-6-11(10)13;8-3-5-6(10)1-4(9)2-7(5)11/h4-11,14-15H,1-3,12-13H2;1-10H,11H2;1-9,19H;1-7,13H;1-3,9-11H. The maximum absolute atomic E-state index is 11.4. The molecule has 0 bridgehead atoms. The molecule has 0 aliphatic rings. The molecule has 15 aromatic rings. The minimum atomic E-state index is -0.433. The number of phenols is 5. The third kappa shape index (κ3) is 12.5. The van der Waals surface area contributed by atoms with Crippen LogP contribution < -0.4 is 9.47 Å². The Balaban J connectivity index is 0.000000123. The van der Waals surface area contributed by atoms with Gasteiger partial charge in [0.2, 0.25) is 6.79 Å². The summed E-state index contributed by atoms with van der Waals surface area (Å²) in [4.78, 5) is 75.2. The highest BCUT2D eigenvalue weighted by atomic mass is 16.7. The second kappa shape index (κ2) is 27.9. The first-order valence-corrected chi connectivity index (χ1v) is 29.3. The first-order valence-electron chi connectivity index (χ1n) is 29.3. The van der Waals surface area contributed by atoms with Crippen molar-refractivity contribution in [1.29, 1.82) is 0 Å². The van der Waals surface area contributed by atoms with Crippen LogP contribution in [0.2, 0.25) is 0 Å². The molecule has 5 N–H and O–H groups in total. The van der Waals surface area contributed by atoms with Crippen molar-refractivity contribution in [2.75, 3.05) is 20.0 Å². The van der Waals surface area contributed by atoms with Gasteiger partial charge in [0, 0.05) is 61.1 Å². The summed E-state index contributed by atoms with van der Waals surface area (Å²) in [5.41, 5.74) is 2.20. The Morgan fingerprint density at radius 2 is 0.677 bits per heavy atom. The number of rotatable bonds is 17. The molecule has 15 aromatic carbocycles. The van der Waals surface area contributed by atoms with Crippen LogP contribution in [-0.2, 0) is 19.1 Å². The van der Waals surface area contributed by atoms with Crippen molar-refractivity contribution in [1.82, 2.24) is 0 Å². The van der Waals surface area contributed by atoms with Crippen molar-refractivity contribution in [3.63, 3.8) is 0 Å². The van der Waals surface area contributed by atoms with Crippen molar-refractivity contribution in [3.8, 4) is 40.2 Å². The van der Waals surface area contributed by atoms with Crippen LogP contribution >= 0.6 is 0 Å². The molecule has 460 valence electrons. The van der Waals surface area contributed by atoms with Gasteiger partial charge in [-0.05, 0) is 131 Å². The van der Waals surface area contributed by atoms with Gasteiger partial charge >= 0.3 is 0 Å². The lowest BCUT2D eigenvalue weighted by molar-refractivity contribution is -0.134. The Hall–Kier alpha value is -12.4. The molecule has 0 spiro atoms. The molecule has 0 aromatic heterocycles. The number of unbranched alkanes of at least 4 members (excludes halogenated alkanes) is 2. The predicted octanol–water partition coefficient (Wildman–Crippen LogP) is 16.1. The van der Waals surface area contributed by atoms with E-state index in [0.717, 1.165) is 164 Å². The zero-order valence-electron chi connectivity index (χ0n) is 49.5. The Labute approximate surface area is 529 Å². The fourth-order valence-corrected chi connectivity index (χ4v) is 11.9. The van der Waals surface area contributed by atoms with Gasteiger partial charge in [-0.1, -0.05) is 146 Å². The fourth-order valence-electron chi connectivity index (χ4n) is 11.9. The molecular weight excluding hydrogens is 1180 g/mol. The van der Waals surface area contributed by atoms with E-state index < -0.39 is 11.5 Å². The highest BCUT2D eigenvalue weighted by molar-refractivity contribution is 6.28. The van der Waals surface area contributed by atoms with Crippen LogP contribution in [0.15, 0.2) is 194 Å². The summed E-state index contributed by atoms with van der Waals surface area (Å²) < 4.78 is 20.9. The lowest BCUT2D eigenvalue weighted by atomic mass is 9.92. The molecule has 0 aliphatic carbocycles. The van der Waals surface area contributed by atoms with Gasteiger partial charge in [0.15, 0.2) is 31.4 Å². The van der Waals surface area contributed by atoms with E-state index in [9.17, 15) is 43.8 Å². The molecule has 93 heavy (non-hydrogen) atoms. The topological polar surface area (TPSA) is 258 Å². The summed E-state index contributed by atoms with van der Waals surface area (Å²) in [6, 6.07) is 59.8. The Morgan fingerprint density at radius 3 is 1.16 bits per heavy atom. The third-order valence-electron chi connectivity index (χ3n) is 16.3. The van der Waals surface area contributed by atoms with E-state index >= 15 is 0 Å². The van der Waals surface area contributed by atoms with Crippen LogP contribution in [0, 0.1) is 0 Å². The first-order chi connectivity index (χ1) is 45.4. The van der Waals surface area contributed by atoms with Gasteiger partial charge in [-0.3, -0.25) is 33.6 Å². The molecule has 0 unspecified atom stereocenters. The highest BCUT2D eigenvalue weighted by Crippen LogP contribution is 2.43. The second-order valence-electron chi connectivity index (χ2n) is 21.6. The van der Waals surface area contributed by atoms with Crippen LogP contribution in [0.1, 0.15) is 71.1 Å². The summed E-state index contributed by atoms with van der Waals surface area (Å²) in [5, 5.41) is 66.4. The number of benzene rings is 15. The zero-order chi connectivity index (χ0) is 65.1.